The number of hydrogen-bond donors (Lipinski definition) is 0. The molecule has 174 valence electrons. The van der Waals surface area contributed by atoms with Crippen molar-refractivity contribution in [1.82, 2.24) is 28.5 Å². The first-order chi connectivity index (χ1) is 15.8. The van der Waals surface area contributed by atoms with E-state index < -0.39 is 5.69 Å². The highest BCUT2D eigenvalue weighted by Gasteiger charge is 2.34. The van der Waals surface area contributed by atoms with Crippen LogP contribution in [0.1, 0.15) is 24.2 Å². The van der Waals surface area contributed by atoms with E-state index in [0.717, 1.165) is 36.1 Å². The third-order valence-electron chi connectivity index (χ3n) is 6.69. The minimum absolute atomic E-state index is 0.230. The van der Waals surface area contributed by atoms with Gasteiger partial charge in [-0.05, 0) is 24.5 Å². The molecule has 3 aromatic rings. The van der Waals surface area contributed by atoms with Gasteiger partial charge in [-0.2, -0.15) is 0 Å². The molecule has 2 fully saturated rings. The average molecular weight is 471 g/mol. The van der Waals surface area contributed by atoms with E-state index in [1.54, 1.807) is 7.05 Å². The lowest BCUT2D eigenvalue weighted by Gasteiger charge is -2.34. The molecule has 1 aliphatic carbocycles. The lowest BCUT2D eigenvalue weighted by molar-refractivity contribution is -0.134. The first kappa shape index (κ1) is 21.9. The van der Waals surface area contributed by atoms with Crippen molar-refractivity contribution in [3.63, 3.8) is 0 Å². The van der Waals surface area contributed by atoms with Crippen LogP contribution in [-0.2, 0) is 32.0 Å². The molecule has 0 bridgehead atoms. The summed E-state index contributed by atoms with van der Waals surface area (Å²) in [6, 6.07) is 7.51. The van der Waals surface area contributed by atoms with Gasteiger partial charge in [-0.1, -0.05) is 29.8 Å². The van der Waals surface area contributed by atoms with E-state index in [0.29, 0.717) is 48.2 Å². The van der Waals surface area contributed by atoms with Crippen molar-refractivity contribution in [2.75, 3.05) is 26.2 Å². The zero-order valence-electron chi connectivity index (χ0n) is 18.8. The molecule has 3 heterocycles. The molecule has 1 aromatic carbocycles. The van der Waals surface area contributed by atoms with Crippen molar-refractivity contribution in [3.05, 3.63) is 61.5 Å². The van der Waals surface area contributed by atoms with Crippen LogP contribution in [0.3, 0.4) is 0 Å². The molecule has 5 rings (SSSR count). The van der Waals surface area contributed by atoms with E-state index in [1.807, 2.05) is 33.7 Å². The Labute approximate surface area is 195 Å². The van der Waals surface area contributed by atoms with E-state index >= 15 is 0 Å². The molecule has 2 aromatic heterocycles. The van der Waals surface area contributed by atoms with Crippen molar-refractivity contribution < 1.29 is 4.79 Å². The fourth-order valence-corrected chi connectivity index (χ4v) is 4.69. The summed E-state index contributed by atoms with van der Waals surface area (Å²) in [6.07, 6.45) is 2.03. The number of imidazole rings is 1. The van der Waals surface area contributed by atoms with Crippen molar-refractivity contribution in [2.45, 2.75) is 25.9 Å². The van der Waals surface area contributed by atoms with E-state index in [1.165, 1.54) is 11.6 Å². The van der Waals surface area contributed by atoms with Gasteiger partial charge in [0, 0.05) is 51.2 Å². The standard InChI is InChI=1S/C23H27ClN6O3/c1-26-20-19(22(32)27(2)23(26)33)30(13-16-5-3-4-6-17(16)24)18(25-20)14-28-9-11-29(12-10-28)21(31)15-7-8-15/h3-6,15H,7-14H2,1-2H3. The smallest absolute Gasteiger partial charge is 0.332 e. The first-order valence-electron chi connectivity index (χ1n) is 11.2. The highest BCUT2D eigenvalue weighted by Crippen LogP contribution is 2.31. The summed E-state index contributed by atoms with van der Waals surface area (Å²) < 4.78 is 4.40. The predicted molar refractivity (Wildman–Crippen MR) is 125 cm³/mol. The number of nitrogens with zero attached hydrogens (tertiary/aromatic N) is 6. The van der Waals surface area contributed by atoms with Gasteiger partial charge < -0.3 is 9.47 Å². The molecular weight excluding hydrogens is 444 g/mol. The number of hydrogen-bond acceptors (Lipinski definition) is 5. The number of piperazine rings is 1. The third kappa shape index (κ3) is 4.00. The highest BCUT2D eigenvalue weighted by atomic mass is 35.5. The summed E-state index contributed by atoms with van der Waals surface area (Å²) in [5.41, 5.74) is 0.840. The second kappa shape index (κ2) is 8.46. The number of aromatic nitrogens is 4. The fourth-order valence-electron chi connectivity index (χ4n) is 4.49. The zero-order valence-corrected chi connectivity index (χ0v) is 19.6. The Bertz CT molecular complexity index is 1340. The number of carbonyl (C=O) groups excluding carboxylic acids is 1. The normalized spacial score (nSPS) is 17.1. The van der Waals surface area contributed by atoms with Gasteiger partial charge in [-0.15, -0.1) is 0 Å². The number of fused-ring (bicyclic) bond motifs is 1. The zero-order chi connectivity index (χ0) is 23.3. The summed E-state index contributed by atoms with van der Waals surface area (Å²) in [7, 11) is 3.11. The Balaban J connectivity index is 1.50. The Morgan fingerprint density at radius 2 is 1.73 bits per heavy atom. The number of halogens is 1. The van der Waals surface area contributed by atoms with Crippen LogP contribution >= 0.6 is 11.6 Å². The molecule has 1 amide bonds. The van der Waals surface area contributed by atoms with Crippen LogP contribution in [0.15, 0.2) is 33.9 Å². The number of amides is 1. The maximum atomic E-state index is 13.1. The van der Waals surface area contributed by atoms with Crippen molar-refractivity contribution in [3.8, 4) is 0 Å². The number of aryl methyl sites for hydroxylation is 1. The second-order valence-corrected chi connectivity index (χ2v) is 9.37. The van der Waals surface area contributed by atoms with Crippen molar-refractivity contribution >= 4 is 28.7 Å². The molecule has 1 saturated heterocycles. The fraction of sp³-hybridized carbons (Fsp3) is 0.478. The number of carbonyl (C=O) groups is 1. The molecule has 9 nitrogen and oxygen atoms in total. The summed E-state index contributed by atoms with van der Waals surface area (Å²) in [5.74, 6) is 1.21. The Morgan fingerprint density at radius 1 is 1.03 bits per heavy atom. The Kier molecular flexibility index (Phi) is 5.62. The number of rotatable bonds is 5. The second-order valence-electron chi connectivity index (χ2n) is 8.96. The molecular formula is C23H27ClN6O3. The lowest BCUT2D eigenvalue weighted by Crippen LogP contribution is -2.49. The molecule has 0 N–H and O–H groups in total. The summed E-state index contributed by atoms with van der Waals surface area (Å²) in [6.45, 7) is 3.76. The van der Waals surface area contributed by atoms with Crippen LogP contribution in [0.2, 0.25) is 5.02 Å². The van der Waals surface area contributed by atoms with Crippen LogP contribution in [-0.4, -0.2) is 60.6 Å². The molecule has 0 radical (unpaired) electrons. The maximum absolute atomic E-state index is 13.1. The molecule has 33 heavy (non-hydrogen) atoms. The van der Waals surface area contributed by atoms with Gasteiger partial charge in [0.05, 0.1) is 13.1 Å². The van der Waals surface area contributed by atoms with Crippen LogP contribution in [0.25, 0.3) is 11.2 Å². The minimum Gasteiger partial charge on any atom is -0.340 e. The van der Waals surface area contributed by atoms with Gasteiger partial charge in [0.15, 0.2) is 11.2 Å². The molecule has 2 aliphatic rings. The van der Waals surface area contributed by atoms with E-state index in [2.05, 4.69) is 4.90 Å². The summed E-state index contributed by atoms with van der Waals surface area (Å²) in [5, 5.41) is 0.610. The molecule has 10 heteroatoms. The molecule has 1 aliphatic heterocycles. The van der Waals surface area contributed by atoms with Crippen LogP contribution in [0.5, 0.6) is 0 Å². The van der Waals surface area contributed by atoms with Gasteiger partial charge in [-0.25, -0.2) is 9.78 Å². The third-order valence-corrected chi connectivity index (χ3v) is 7.06. The maximum Gasteiger partial charge on any atom is 0.332 e. The Morgan fingerprint density at radius 3 is 2.39 bits per heavy atom. The quantitative estimate of drug-likeness (QED) is 0.559. The monoisotopic (exact) mass is 470 g/mol. The van der Waals surface area contributed by atoms with Gasteiger partial charge in [-0.3, -0.25) is 23.6 Å². The van der Waals surface area contributed by atoms with E-state index in [4.69, 9.17) is 16.6 Å². The molecule has 1 saturated carbocycles. The molecule has 0 spiro atoms. The number of benzene rings is 1. The van der Waals surface area contributed by atoms with Crippen molar-refractivity contribution in [2.24, 2.45) is 20.0 Å². The van der Waals surface area contributed by atoms with Crippen LogP contribution in [0.4, 0.5) is 0 Å². The Hall–Kier alpha value is -2.91. The van der Waals surface area contributed by atoms with Gasteiger partial charge in [0.1, 0.15) is 5.82 Å². The summed E-state index contributed by atoms with van der Waals surface area (Å²) in [4.78, 5) is 46.9. The topological polar surface area (TPSA) is 85.4 Å². The lowest BCUT2D eigenvalue weighted by atomic mass is 10.2. The van der Waals surface area contributed by atoms with E-state index in [9.17, 15) is 14.4 Å². The average Bonchev–Trinajstić information content (AvgIpc) is 3.61. The minimum atomic E-state index is -0.409. The highest BCUT2D eigenvalue weighted by molar-refractivity contribution is 6.31. The van der Waals surface area contributed by atoms with Gasteiger partial charge >= 0.3 is 5.69 Å². The summed E-state index contributed by atoms with van der Waals surface area (Å²) >= 11 is 6.42. The van der Waals surface area contributed by atoms with Gasteiger partial charge in [0.2, 0.25) is 5.91 Å². The van der Waals surface area contributed by atoms with Crippen LogP contribution < -0.4 is 11.2 Å². The van der Waals surface area contributed by atoms with Crippen molar-refractivity contribution in [1.29, 1.82) is 0 Å². The first-order valence-corrected chi connectivity index (χ1v) is 11.6. The molecule has 0 atom stereocenters. The molecule has 0 unspecified atom stereocenters. The SMILES string of the molecule is Cn1c(=O)c2c(nc(CN3CCN(C(=O)C4CC4)CC3)n2Cc2ccccc2Cl)n(C)c1=O. The largest absolute Gasteiger partial charge is 0.340 e. The van der Waals surface area contributed by atoms with Gasteiger partial charge in [0.25, 0.3) is 5.56 Å². The predicted octanol–water partition coefficient (Wildman–Crippen LogP) is 1.19. The van der Waals surface area contributed by atoms with E-state index in [-0.39, 0.29) is 17.4 Å². The van der Waals surface area contributed by atoms with Crippen LogP contribution in [0, 0.1) is 5.92 Å².